The van der Waals surface area contributed by atoms with Crippen LogP contribution in [0.4, 0.5) is 0 Å². The molecule has 0 saturated carbocycles. The largest absolute Gasteiger partial charge is 0.347 e. The lowest BCUT2D eigenvalue weighted by molar-refractivity contribution is 0.534. The van der Waals surface area contributed by atoms with E-state index in [1.54, 1.807) is 0 Å². The van der Waals surface area contributed by atoms with Gasteiger partial charge in [0, 0.05) is 35.4 Å². The zero-order valence-corrected chi connectivity index (χ0v) is 13.3. The molecule has 3 nitrogen and oxygen atoms in total. The molecule has 3 aromatic rings. The summed E-state index contributed by atoms with van der Waals surface area (Å²) in [4.78, 5) is 4.46. The van der Waals surface area contributed by atoms with Crippen molar-refractivity contribution in [3.8, 4) is 11.3 Å². The van der Waals surface area contributed by atoms with Crippen molar-refractivity contribution in [3.05, 3.63) is 54.4 Å². The van der Waals surface area contributed by atoms with Gasteiger partial charge in [0.05, 0.1) is 5.69 Å². The van der Waals surface area contributed by atoms with Crippen LogP contribution in [0.2, 0.25) is 0 Å². The van der Waals surface area contributed by atoms with Crippen LogP contribution >= 0.6 is 0 Å². The normalized spacial score (nSPS) is 11.5. The Morgan fingerprint density at radius 1 is 1.18 bits per heavy atom. The van der Waals surface area contributed by atoms with E-state index in [0.29, 0.717) is 12.5 Å². The summed E-state index contributed by atoms with van der Waals surface area (Å²) in [5.41, 5.74) is 10.6. The standard InChI is InChI=1S/C19H23N3/c1-14(2)12-22-13-16(8-9-20)17-7-6-15(11-19(17)22)18-5-3-4-10-21-18/h3-7,10-11,13-14H,8-9,12,20H2,1-2H3. The van der Waals surface area contributed by atoms with Crippen molar-refractivity contribution in [2.75, 3.05) is 6.54 Å². The third-order valence-electron chi connectivity index (χ3n) is 3.90. The predicted molar refractivity (Wildman–Crippen MR) is 92.8 cm³/mol. The van der Waals surface area contributed by atoms with Gasteiger partial charge in [-0.3, -0.25) is 4.98 Å². The highest BCUT2D eigenvalue weighted by atomic mass is 15.0. The molecule has 0 aliphatic rings. The Morgan fingerprint density at radius 3 is 2.73 bits per heavy atom. The van der Waals surface area contributed by atoms with Crippen LogP contribution in [0, 0.1) is 5.92 Å². The number of pyridine rings is 1. The van der Waals surface area contributed by atoms with E-state index < -0.39 is 0 Å². The third kappa shape index (κ3) is 2.90. The molecule has 22 heavy (non-hydrogen) atoms. The summed E-state index contributed by atoms with van der Waals surface area (Å²) in [6.07, 6.45) is 5.02. The van der Waals surface area contributed by atoms with Crippen LogP contribution in [-0.2, 0) is 13.0 Å². The lowest BCUT2D eigenvalue weighted by atomic mass is 10.1. The predicted octanol–water partition coefficient (Wildman–Crippen LogP) is 3.86. The Hall–Kier alpha value is -2.13. The van der Waals surface area contributed by atoms with Crippen LogP contribution in [0.25, 0.3) is 22.2 Å². The first-order valence-electron chi connectivity index (χ1n) is 7.92. The van der Waals surface area contributed by atoms with E-state index >= 15 is 0 Å². The van der Waals surface area contributed by atoms with E-state index in [0.717, 1.165) is 24.2 Å². The molecule has 114 valence electrons. The first kappa shape index (κ1) is 14.8. The van der Waals surface area contributed by atoms with E-state index in [4.69, 9.17) is 5.73 Å². The average molecular weight is 293 g/mol. The summed E-state index contributed by atoms with van der Waals surface area (Å²) in [5, 5.41) is 1.31. The maximum atomic E-state index is 5.76. The smallest absolute Gasteiger partial charge is 0.0702 e. The molecule has 3 rings (SSSR count). The molecule has 0 unspecified atom stereocenters. The number of hydrogen-bond donors (Lipinski definition) is 1. The minimum absolute atomic E-state index is 0.611. The molecule has 0 atom stereocenters. The molecule has 1 aromatic carbocycles. The Bertz CT molecular complexity index is 757. The van der Waals surface area contributed by atoms with Crippen LogP contribution in [0.1, 0.15) is 19.4 Å². The Morgan fingerprint density at radius 2 is 2.05 bits per heavy atom. The highest BCUT2D eigenvalue weighted by molar-refractivity contribution is 5.88. The summed E-state index contributed by atoms with van der Waals surface area (Å²) >= 11 is 0. The van der Waals surface area contributed by atoms with E-state index in [9.17, 15) is 0 Å². The molecule has 2 aromatic heterocycles. The third-order valence-corrected chi connectivity index (χ3v) is 3.90. The number of aromatic nitrogens is 2. The quantitative estimate of drug-likeness (QED) is 0.776. The van der Waals surface area contributed by atoms with Crippen LogP contribution in [-0.4, -0.2) is 16.1 Å². The van der Waals surface area contributed by atoms with Crippen molar-refractivity contribution in [1.29, 1.82) is 0 Å². The second kappa shape index (κ2) is 6.32. The number of benzene rings is 1. The number of hydrogen-bond acceptors (Lipinski definition) is 2. The topological polar surface area (TPSA) is 43.8 Å². The molecule has 0 radical (unpaired) electrons. The fraction of sp³-hybridized carbons (Fsp3) is 0.316. The minimum Gasteiger partial charge on any atom is -0.347 e. The van der Waals surface area contributed by atoms with Crippen molar-refractivity contribution < 1.29 is 0 Å². The molecule has 0 bridgehead atoms. The van der Waals surface area contributed by atoms with Gasteiger partial charge >= 0.3 is 0 Å². The highest BCUT2D eigenvalue weighted by Gasteiger charge is 2.11. The number of nitrogens with zero attached hydrogens (tertiary/aromatic N) is 2. The van der Waals surface area contributed by atoms with Gasteiger partial charge in [0.2, 0.25) is 0 Å². The fourth-order valence-electron chi connectivity index (χ4n) is 2.96. The van der Waals surface area contributed by atoms with Gasteiger partial charge in [-0.1, -0.05) is 32.0 Å². The summed E-state index contributed by atoms with van der Waals surface area (Å²) < 4.78 is 2.36. The van der Waals surface area contributed by atoms with Crippen molar-refractivity contribution in [3.63, 3.8) is 0 Å². The zero-order valence-electron chi connectivity index (χ0n) is 13.3. The SMILES string of the molecule is CC(C)Cn1cc(CCN)c2ccc(-c3ccccn3)cc21. The number of rotatable bonds is 5. The summed E-state index contributed by atoms with van der Waals surface area (Å²) in [6.45, 7) is 6.20. The van der Waals surface area contributed by atoms with E-state index in [1.165, 1.54) is 16.5 Å². The second-order valence-corrected chi connectivity index (χ2v) is 6.19. The molecule has 2 N–H and O–H groups in total. The first-order chi connectivity index (χ1) is 10.7. The lowest BCUT2D eigenvalue weighted by Gasteiger charge is -2.09. The van der Waals surface area contributed by atoms with Gasteiger partial charge in [0.25, 0.3) is 0 Å². The average Bonchev–Trinajstić information content (AvgIpc) is 2.85. The molecule has 0 spiro atoms. The van der Waals surface area contributed by atoms with Crippen molar-refractivity contribution in [2.45, 2.75) is 26.8 Å². The lowest BCUT2D eigenvalue weighted by Crippen LogP contribution is -2.04. The van der Waals surface area contributed by atoms with Crippen molar-refractivity contribution in [1.82, 2.24) is 9.55 Å². The number of fused-ring (bicyclic) bond motifs is 1. The maximum absolute atomic E-state index is 5.76. The second-order valence-electron chi connectivity index (χ2n) is 6.19. The highest BCUT2D eigenvalue weighted by Crippen LogP contribution is 2.27. The molecule has 0 aliphatic carbocycles. The molecular weight excluding hydrogens is 270 g/mol. The summed E-state index contributed by atoms with van der Waals surface area (Å²) in [7, 11) is 0. The molecule has 0 aliphatic heterocycles. The Kier molecular flexibility index (Phi) is 4.25. The van der Waals surface area contributed by atoms with E-state index in [2.05, 4.69) is 53.9 Å². The molecule has 0 fully saturated rings. The molecule has 0 amide bonds. The fourth-order valence-corrected chi connectivity index (χ4v) is 2.96. The van der Waals surface area contributed by atoms with Gasteiger partial charge in [0.15, 0.2) is 0 Å². The zero-order chi connectivity index (χ0) is 15.5. The summed E-state index contributed by atoms with van der Waals surface area (Å²) in [6, 6.07) is 12.6. The van der Waals surface area contributed by atoms with Crippen LogP contribution < -0.4 is 5.73 Å². The Labute approximate surface area is 131 Å². The molecule has 3 heteroatoms. The molecular formula is C19H23N3. The van der Waals surface area contributed by atoms with E-state index in [-0.39, 0.29) is 0 Å². The molecule has 0 saturated heterocycles. The van der Waals surface area contributed by atoms with Gasteiger partial charge in [0.1, 0.15) is 0 Å². The van der Waals surface area contributed by atoms with Crippen LogP contribution in [0.3, 0.4) is 0 Å². The van der Waals surface area contributed by atoms with Crippen molar-refractivity contribution >= 4 is 10.9 Å². The van der Waals surface area contributed by atoms with E-state index in [1.807, 2.05) is 18.3 Å². The first-order valence-corrected chi connectivity index (χ1v) is 7.92. The van der Waals surface area contributed by atoms with Crippen molar-refractivity contribution in [2.24, 2.45) is 11.7 Å². The van der Waals surface area contributed by atoms with Gasteiger partial charge in [-0.05, 0) is 42.6 Å². The minimum atomic E-state index is 0.611. The van der Waals surface area contributed by atoms with Gasteiger partial charge < -0.3 is 10.3 Å². The summed E-state index contributed by atoms with van der Waals surface area (Å²) in [5.74, 6) is 0.611. The molecule has 2 heterocycles. The van der Waals surface area contributed by atoms with Crippen LogP contribution in [0.15, 0.2) is 48.8 Å². The van der Waals surface area contributed by atoms with Gasteiger partial charge in [-0.15, -0.1) is 0 Å². The maximum Gasteiger partial charge on any atom is 0.0702 e. The Balaban J connectivity index is 2.12. The van der Waals surface area contributed by atoms with Gasteiger partial charge in [-0.2, -0.15) is 0 Å². The van der Waals surface area contributed by atoms with Crippen LogP contribution in [0.5, 0.6) is 0 Å². The number of nitrogens with two attached hydrogens (primary N) is 1. The monoisotopic (exact) mass is 293 g/mol. The van der Waals surface area contributed by atoms with Gasteiger partial charge in [-0.25, -0.2) is 0 Å².